The maximum atomic E-state index is 12.1. The fraction of sp³-hybridized carbons (Fsp3) is 0.0476. The number of hydrogen-bond acceptors (Lipinski definition) is 2. The van der Waals surface area contributed by atoms with E-state index in [1.54, 1.807) is 6.07 Å². The van der Waals surface area contributed by atoms with Crippen molar-refractivity contribution in [2.24, 2.45) is 0 Å². The number of H-pyrrole nitrogens is 1. The first-order valence-corrected chi connectivity index (χ1v) is 7.92. The zero-order valence-corrected chi connectivity index (χ0v) is 13.1. The predicted octanol–water partition coefficient (Wildman–Crippen LogP) is 4.18. The highest BCUT2D eigenvalue weighted by Crippen LogP contribution is 2.20. The first-order valence-electron chi connectivity index (χ1n) is 7.92. The van der Waals surface area contributed by atoms with Crippen LogP contribution in [0.25, 0.3) is 22.0 Å². The molecule has 0 aliphatic rings. The van der Waals surface area contributed by atoms with Crippen molar-refractivity contribution in [3.8, 4) is 11.1 Å². The molecule has 24 heavy (non-hydrogen) atoms. The van der Waals surface area contributed by atoms with Gasteiger partial charge in [0.05, 0.1) is 10.9 Å². The van der Waals surface area contributed by atoms with Gasteiger partial charge in [-0.1, -0.05) is 66.7 Å². The molecule has 0 aliphatic heterocycles. The van der Waals surface area contributed by atoms with Gasteiger partial charge in [0.1, 0.15) is 5.82 Å². The van der Waals surface area contributed by atoms with Crippen molar-refractivity contribution < 1.29 is 0 Å². The summed E-state index contributed by atoms with van der Waals surface area (Å²) in [5, 5.41) is 0.626. The molecule has 0 saturated carbocycles. The molecule has 0 bridgehead atoms. The van der Waals surface area contributed by atoms with Gasteiger partial charge in [-0.2, -0.15) is 0 Å². The Labute approximate surface area is 139 Å². The number of hydrogen-bond donors (Lipinski definition) is 1. The number of nitrogens with zero attached hydrogens (tertiary/aromatic N) is 1. The van der Waals surface area contributed by atoms with E-state index in [2.05, 4.69) is 46.4 Å². The van der Waals surface area contributed by atoms with Crippen molar-refractivity contribution in [3.05, 3.63) is 101 Å². The van der Waals surface area contributed by atoms with Gasteiger partial charge in [0.25, 0.3) is 5.56 Å². The number of para-hydroxylation sites is 1. The molecule has 4 rings (SSSR count). The van der Waals surface area contributed by atoms with Crippen LogP contribution >= 0.6 is 0 Å². The molecule has 3 heteroatoms. The Balaban J connectivity index is 1.63. The Kier molecular flexibility index (Phi) is 3.67. The van der Waals surface area contributed by atoms with E-state index in [0.29, 0.717) is 17.6 Å². The van der Waals surface area contributed by atoms with E-state index in [4.69, 9.17) is 0 Å². The molecule has 1 aromatic heterocycles. The average Bonchev–Trinajstić information content (AvgIpc) is 2.63. The normalized spacial score (nSPS) is 10.8. The van der Waals surface area contributed by atoms with E-state index in [1.165, 1.54) is 11.1 Å². The Bertz CT molecular complexity index is 1030. The van der Waals surface area contributed by atoms with Gasteiger partial charge >= 0.3 is 0 Å². The van der Waals surface area contributed by atoms with Crippen LogP contribution < -0.4 is 5.56 Å². The molecule has 0 amide bonds. The molecular formula is C21H16N2O. The van der Waals surface area contributed by atoms with E-state index in [9.17, 15) is 4.79 Å². The Morgan fingerprint density at radius 2 is 1.42 bits per heavy atom. The van der Waals surface area contributed by atoms with Crippen molar-refractivity contribution in [1.29, 1.82) is 0 Å². The van der Waals surface area contributed by atoms with Gasteiger partial charge in [0, 0.05) is 6.42 Å². The van der Waals surface area contributed by atoms with Crippen molar-refractivity contribution in [2.75, 3.05) is 0 Å². The molecule has 0 unspecified atom stereocenters. The van der Waals surface area contributed by atoms with Gasteiger partial charge in [-0.25, -0.2) is 4.98 Å². The maximum absolute atomic E-state index is 12.1. The van der Waals surface area contributed by atoms with E-state index >= 15 is 0 Å². The standard InChI is InChI=1S/C21H16N2O/c24-21-18-8-4-5-9-19(18)22-20(23-21)14-15-10-12-17(13-11-15)16-6-2-1-3-7-16/h1-13H,14H2,(H,22,23,24). The van der Waals surface area contributed by atoms with Crippen molar-refractivity contribution in [1.82, 2.24) is 9.97 Å². The smallest absolute Gasteiger partial charge is 0.258 e. The number of aromatic nitrogens is 2. The summed E-state index contributed by atoms with van der Waals surface area (Å²) >= 11 is 0. The lowest BCUT2D eigenvalue weighted by atomic mass is 10.0. The SMILES string of the molecule is O=c1[nH]c(Cc2ccc(-c3ccccc3)cc2)nc2ccccc12. The van der Waals surface area contributed by atoms with Gasteiger partial charge in [-0.3, -0.25) is 4.79 Å². The molecule has 116 valence electrons. The molecule has 0 radical (unpaired) electrons. The predicted molar refractivity (Wildman–Crippen MR) is 97.0 cm³/mol. The number of rotatable bonds is 3. The van der Waals surface area contributed by atoms with Gasteiger partial charge in [-0.05, 0) is 28.8 Å². The van der Waals surface area contributed by atoms with E-state index in [0.717, 1.165) is 11.1 Å². The summed E-state index contributed by atoms with van der Waals surface area (Å²) in [6.45, 7) is 0. The summed E-state index contributed by atoms with van der Waals surface area (Å²) in [5.74, 6) is 0.686. The number of aromatic amines is 1. The second-order valence-electron chi connectivity index (χ2n) is 5.77. The molecule has 3 aromatic carbocycles. The Morgan fingerprint density at radius 1 is 0.750 bits per heavy atom. The Morgan fingerprint density at radius 3 is 2.21 bits per heavy atom. The second kappa shape index (κ2) is 6.13. The van der Waals surface area contributed by atoms with Crippen LogP contribution in [-0.4, -0.2) is 9.97 Å². The lowest BCUT2D eigenvalue weighted by Gasteiger charge is -2.05. The second-order valence-corrected chi connectivity index (χ2v) is 5.77. The van der Waals surface area contributed by atoms with Crippen LogP contribution in [-0.2, 0) is 6.42 Å². The van der Waals surface area contributed by atoms with Gasteiger partial charge in [0.15, 0.2) is 0 Å². The molecule has 1 N–H and O–H groups in total. The maximum Gasteiger partial charge on any atom is 0.258 e. The van der Waals surface area contributed by atoms with Crippen LogP contribution in [0, 0.1) is 0 Å². The molecular weight excluding hydrogens is 296 g/mol. The molecule has 4 aromatic rings. The third-order valence-corrected chi connectivity index (χ3v) is 4.09. The summed E-state index contributed by atoms with van der Waals surface area (Å²) < 4.78 is 0. The lowest BCUT2D eigenvalue weighted by molar-refractivity contribution is 0.973. The summed E-state index contributed by atoms with van der Waals surface area (Å²) in [7, 11) is 0. The largest absolute Gasteiger partial charge is 0.310 e. The molecule has 0 saturated heterocycles. The van der Waals surface area contributed by atoms with Crippen LogP contribution in [0.3, 0.4) is 0 Å². The molecule has 0 aliphatic carbocycles. The average molecular weight is 312 g/mol. The van der Waals surface area contributed by atoms with Crippen molar-refractivity contribution in [3.63, 3.8) is 0 Å². The van der Waals surface area contributed by atoms with Gasteiger partial charge < -0.3 is 4.98 Å². The number of benzene rings is 3. The topological polar surface area (TPSA) is 45.8 Å². The van der Waals surface area contributed by atoms with Gasteiger partial charge in [0.2, 0.25) is 0 Å². The first-order chi connectivity index (χ1) is 11.8. The summed E-state index contributed by atoms with van der Waals surface area (Å²) in [5.41, 5.74) is 4.14. The van der Waals surface area contributed by atoms with Crippen LogP contribution in [0.15, 0.2) is 83.7 Å². The van der Waals surface area contributed by atoms with E-state index < -0.39 is 0 Å². The third-order valence-electron chi connectivity index (χ3n) is 4.09. The molecule has 0 spiro atoms. The fourth-order valence-corrected chi connectivity index (χ4v) is 2.86. The van der Waals surface area contributed by atoms with Crippen LogP contribution in [0.4, 0.5) is 0 Å². The molecule has 0 fully saturated rings. The van der Waals surface area contributed by atoms with Gasteiger partial charge in [-0.15, -0.1) is 0 Å². The van der Waals surface area contributed by atoms with Crippen LogP contribution in [0.1, 0.15) is 11.4 Å². The number of fused-ring (bicyclic) bond motifs is 1. The minimum absolute atomic E-state index is 0.0866. The molecule has 0 atom stereocenters. The minimum Gasteiger partial charge on any atom is -0.310 e. The zero-order valence-electron chi connectivity index (χ0n) is 13.1. The van der Waals surface area contributed by atoms with E-state index in [1.807, 2.05) is 36.4 Å². The highest BCUT2D eigenvalue weighted by atomic mass is 16.1. The van der Waals surface area contributed by atoms with E-state index in [-0.39, 0.29) is 5.56 Å². The monoisotopic (exact) mass is 312 g/mol. The Hall–Kier alpha value is -3.20. The minimum atomic E-state index is -0.0866. The quantitative estimate of drug-likeness (QED) is 0.617. The summed E-state index contributed by atoms with van der Waals surface area (Å²) in [6.07, 6.45) is 0.606. The summed E-state index contributed by atoms with van der Waals surface area (Å²) in [6, 6.07) is 26.0. The number of nitrogens with one attached hydrogen (secondary N) is 1. The highest BCUT2D eigenvalue weighted by molar-refractivity contribution is 5.77. The lowest BCUT2D eigenvalue weighted by Crippen LogP contribution is -2.12. The molecule has 1 heterocycles. The zero-order chi connectivity index (χ0) is 16.4. The first kappa shape index (κ1) is 14.4. The third kappa shape index (κ3) is 2.84. The van der Waals surface area contributed by atoms with Crippen molar-refractivity contribution in [2.45, 2.75) is 6.42 Å². The van der Waals surface area contributed by atoms with Crippen LogP contribution in [0.5, 0.6) is 0 Å². The molecule has 3 nitrogen and oxygen atoms in total. The highest BCUT2D eigenvalue weighted by Gasteiger charge is 2.05. The van der Waals surface area contributed by atoms with Crippen molar-refractivity contribution >= 4 is 10.9 Å². The van der Waals surface area contributed by atoms with Crippen LogP contribution in [0.2, 0.25) is 0 Å². The fourth-order valence-electron chi connectivity index (χ4n) is 2.86. The summed E-state index contributed by atoms with van der Waals surface area (Å²) in [4.78, 5) is 19.6.